The van der Waals surface area contributed by atoms with Gasteiger partial charge in [0.2, 0.25) is 0 Å². The summed E-state index contributed by atoms with van der Waals surface area (Å²) >= 11 is 0. The van der Waals surface area contributed by atoms with Gasteiger partial charge in [-0.2, -0.15) is 13.2 Å². The third kappa shape index (κ3) is 3.60. The van der Waals surface area contributed by atoms with Gasteiger partial charge in [-0.05, 0) is 19.9 Å². The van der Waals surface area contributed by atoms with Crippen LogP contribution in [0.5, 0.6) is 0 Å². The average molecular weight is 265 g/mol. The number of aliphatic hydroxyl groups is 1. The van der Waals surface area contributed by atoms with Crippen LogP contribution in [0.1, 0.15) is 19.4 Å². The summed E-state index contributed by atoms with van der Waals surface area (Å²) < 4.78 is 51.2. The summed E-state index contributed by atoms with van der Waals surface area (Å²) in [4.78, 5) is 0.904. The van der Waals surface area contributed by atoms with E-state index in [9.17, 15) is 17.6 Å². The van der Waals surface area contributed by atoms with Gasteiger partial charge in [0.25, 0.3) is 0 Å². The van der Waals surface area contributed by atoms with Crippen LogP contribution in [0.15, 0.2) is 18.2 Å². The molecule has 0 spiro atoms. The summed E-state index contributed by atoms with van der Waals surface area (Å²) in [5.41, 5.74) is -0.0414. The number of halogens is 4. The summed E-state index contributed by atoms with van der Waals surface area (Å²) in [5.74, 6) is -0.764. The first-order valence-corrected chi connectivity index (χ1v) is 5.48. The Labute approximate surface area is 103 Å². The molecule has 0 aliphatic heterocycles. The average Bonchev–Trinajstić information content (AvgIpc) is 2.24. The summed E-state index contributed by atoms with van der Waals surface area (Å²) in [5, 5.41) is 9.10. The van der Waals surface area contributed by atoms with E-state index in [1.165, 1.54) is 12.1 Å². The van der Waals surface area contributed by atoms with Crippen molar-refractivity contribution in [3.8, 4) is 0 Å². The Morgan fingerprint density at radius 2 is 1.89 bits per heavy atom. The molecule has 1 N–H and O–H groups in total. The van der Waals surface area contributed by atoms with Crippen LogP contribution in [0, 0.1) is 5.82 Å². The van der Waals surface area contributed by atoms with Gasteiger partial charge in [0.05, 0.1) is 12.3 Å². The lowest BCUT2D eigenvalue weighted by Gasteiger charge is -2.31. The van der Waals surface area contributed by atoms with E-state index in [-0.39, 0.29) is 11.3 Å². The number of hydrogen-bond donors (Lipinski definition) is 1. The van der Waals surface area contributed by atoms with Crippen molar-refractivity contribution in [3.63, 3.8) is 0 Å². The number of alkyl halides is 3. The molecule has 0 aromatic heterocycles. The molecule has 1 rings (SSSR count). The summed E-state index contributed by atoms with van der Waals surface area (Å²) in [6, 6.07) is 3.31. The van der Waals surface area contributed by atoms with Gasteiger partial charge >= 0.3 is 6.18 Å². The Bertz CT molecular complexity index is 404. The second kappa shape index (κ2) is 5.56. The van der Waals surface area contributed by atoms with E-state index < -0.39 is 31.2 Å². The van der Waals surface area contributed by atoms with E-state index in [0.29, 0.717) is 0 Å². The Morgan fingerprint density at radius 3 is 2.33 bits per heavy atom. The molecule has 18 heavy (non-hydrogen) atoms. The van der Waals surface area contributed by atoms with Gasteiger partial charge < -0.3 is 10.0 Å². The number of nitrogens with zero attached hydrogens (tertiary/aromatic N) is 1. The van der Waals surface area contributed by atoms with Gasteiger partial charge in [-0.3, -0.25) is 0 Å². The van der Waals surface area contributed by atoms with Crippen LogP contribution >= 0.6 is 0 Å². The Morgan fingerprint density at radius 1 is 1.28 bits per heavy atom. The Kier molecular flexibility index (Phi) is 4.56. The van der Waals surface area contributed by atoms with Crippen LogP contribution in [-0.4, -0.2) is 23.9 Å². The second-order valence-corrected chi connectivity index (χ2v) is 4.24. The fourth-order valence-electron chi connectivity index (χ4n) is 1.72. The highest BCUT2D eigenvalue weighted by Crippen LogP contribution is 2.29. The molecule has 0 aliphatic carbocycles. The lowest BCUT2D eigenvalue weighted by Crippen LogP contribution is -2.40. The van der Waals surface area contributed by atoms with Crippen LogP contribution in [0.3, 0.4) is 0 Å². The van der Waals surface area contributed by atoms with Gasteiger partial charge in [-0.1, -0.05) is 12.1 Å². The van der Waals surface area contributed by atoms with Crippen LogP contribution in [-0.2, 0) is 6.61 Å². The number of aliphatic hydroxyl groups excluding tert-OH is 1. The molecule has 102 valence electrons. The lowest BCUT2D eigenvalue weighted by molar-refractivity contribution is -0.120. The number of anilines is 1. The molecule has 0 unspecified atom stereocenters. The molecular formula is C12H15F4NO. The molecule has 0 bridgehead atoms. The third-order valence-electron chi connectivity index (χ3n) is 2.50. The predicted molar refractivity (Wildman–Crippen MR) is 60.9 cm³/mol. The molecule has 1 aromatic carbocycles. The van der Waals surface area contributed by atoms with Gasteiger partial charge in [-0.25, -0.2) is 4.39 Å². The highest BCUT2D eigenvalue weighted by molar-refractivity contribution is 5.55. The van der Waals surface area contributed by atoms with E-state index in [2.05, 4.69) is 0 Å². The van der Waals surface area contributed by atoms with E-state index >= 15 is 0 Å². The summed E-state index contributed by atoms with van der Waals surface area (Å²) in [6.45, 7) is 1.32. The molecule has 2 nitrogen and oxygen atoms in total. The standard InChI is InChI=1S/C12H15F4NO/c1-8(2)17(7-12(14,15)16)11-9(6-18)4-3-5-10(11)13/h3-5,8,18H,6-7H2,1-2H3. The van der Waals surface area contributed by atoms with Crippen molar-refractivity contribution in [2.75, 3.05) is 11.4 Å². The van der Waals surface area contributed by atoms with Crippen LogP contribution in [0.25, 0.3) is 0 Å². The highest BCUT2D eigenvalue weighted by Gasteiger charge is 2.33. The first kappa shape index (κ1) is 14.8. The largest absolute Gasteiger partial charge is 0.405 e. The van der Waals surface area contributed by atoms with Crippen molar-refractivity contribution in [2.24, 2.45) is 0 Å². The number of hydrogen-bond acceptors (Lipinski definition) is 2. The molecule has 6 heteroatoms. The maximum absolute atomic E-state index is 13.7. The minimum absolute atomic E-state index is 0.146. The van der Waals surface area contributed by atoms with Gasteiger partial charge in [-0.15, -0.1) is 0 Å². The smallest absolute Gasteiger partial charge is 0.392 e. The number of para-hydroxylation sites is 1. The molecule has 0 saturated heterocycles. The molecule has 0 atom stereocenters. The normalized spacial score (nSPS) is 12.0. The Balaban J connectivity index is 3.21. The minimum atomic E-state index is -4.43. The van der Waals surface area contributed by atoms with Crippen molar-refractivity contribution in [1.82, 2.24) is 0 Å². The van der Waals surface area contributed by atoms with Crippen molar-refractivity contribution in [1.29, 1.82) is 0 Å². The summed E-state index contributed by atoms with van der Waals surface area (Å²) in [7, 11) is 0. The first-order valence-electron chi connectivity index (χ1n) is 5.48. The fourth-order valence-corrected chi connectivity index (χ4v) is 1.72. The third-order valence-corrected chi connectivity index (χ3v) is 2.50. The topological polar surface area (TPSA) is 23.5 Å². The molecule has 1 aromatic rings. The van der Waals surface area contributed by atoms with E-state index in [4.69, 9.17) is 5.11 Å². The molecule has 0 aliphatic rings. The highest BCUT2D eigenvalue weighted by atomic mass is 19.4. The molecule has 0 fully saturated rings. The van der Waals surface area contributed by atoms with E-state index in [1.54, 1.807) is 13.8 Å². The van der Waals surface area contributed by atoms with Gasteiger partial charge in [0, 0.05) is 11.6 Å². The van der Waals surface area contributed by atoms with Crippen LogP contribution < -0.4 is 4.90 Å². The van der Waals surface area contributed by atoms with Crippen molar-refractivity contribution in [2.45, 2.75) is 32.7 Å². The monoisotopic (exact) mass is 265 g/mol. The van der Waals surface area contributed by atoms with E-state index in [0.717, 1.165) is 11.0 Å². The molecule has 0 saturated carbocycles. The van der Waals surface area contributed by atoms with Gasteiger partial charge in [0.15, 0.2) is 0 Å². The van der Waals surface area contributed by atoms with Crippen LogP contribution in [0.4, 0.5) is 23.2 Å². The van der Waals surface area contributed by atoms with Gasteiger partial charge in [0.1, 0.15) is 12.4 Å². The quantitative estimate of drug-likeness (QED) is 0.846. The Hall–Kier alpha value is -1.30. The van der Waals surface area contributed by atoms with Crippen molar-refractivity contribution < 1.29 is 22.7 Å². The SMILES string of the molecule is CC(C)N(CC(F)(F)F)c1c(F)cccc1CO. The maximum atomic E-state index is 13.7. The maximum Gasteiger partial charge on any atom is 0.405 e. The van der Waals surface area contributed by atoms with Crippen LogP contribution in [0.2, 0.25) is 0 Å². The molecule has 0 amide bonds. The first-order chi connectivity index (χ1) is 8.26. The fraction of sp³-hybridized carbons (Fsp3) is 0.500. The molecule has 0 radical (unpaired) electrons. The lowest BCUT2D eigenvalue weighted by atomic mass is 10.1. The second-order valence-electron chi connectivity index (χ2n) is 4.24. The molecule has 0 heterocycles. The van der Waals surface area contributed by atoms with Crippen molar-refractivity contribution >= 4 is 5.69 Å². The predicted octanol–water partition coefficient (Wildman–Crippen LogP) is 3.10. The zero-order valence-corrected chi connectivity index (χ0v) is 10.1. The van der Waals surface area contributed by atoms with E-state index in [1.807, 2.05) is 0 Å². The zero-order valence-electron chi connectivity index (χ0n) is 10.1. The summed E-state index contributed by atoms with van der Waals surface area (Å²) in [6.07, 6.45) is -4.43. The molecular weight excluding hydrogens is 250 g/mol. The van der Waals surface area contributed by atoms with Crippen molar-refractivity contribution in [3.05, 3.63) is 29.6 Å². The number of benzene rings is 1. The zero-order chi connectivity index (χ0) is 13.9. The number of rotatable bonds is 4. The minimum Gasteiger partial charge on any atom is -0.392 e.